The summed E-state index contributed by atoms with van der Waals surface area (Å²) in [6, 6.07) is 43.6. The van der Waals surface area contributed by atoms with Crippen LogP contribution in [0.25, 0.3) is 22.0 Å². The summed E-state index contributed by atoms with van der Waals surface area (Å²) in [5.41, 5.74) is 4.46. The highest BCUT2D eigenvalue weighted by Gasteiger charge is 2.41. The van der Waals surface area contributed by atoms with Gasteiger partial charge in [0.05, 0.1) is 29.0 Å². The number of ether oxygens (including phenoxy) is 2. The van der Waals surface area contributed by atoms with Crippen molar-refractivity contribution in [2.45, 2.75) is 45.4 Å². The van der Waals surface area contributed by atoms with Gasteiger partial charge in [0, 0.05) is 36.0 Å². The Morgan fingerprint density at radius 1 is 0.842 bits per heavy atom. The van der Waals surface area contributed by atoms with Crippen LogP contribution < -0.4 is 5.32 Å². The molecule has 10 nitrogen and oxygen atoms in total. The van der Waals surface area contributed by atoms with Crippen molar-refractivity contribution in [1.29, 1.82) is 5.26 Å². The van der Waals surface area contributed by atoms with Gasteiger partial charge >= 0.3 is 12.1 Å². The van der Waals surface area contributed by atoms with Gasteiger partial charge in [-0.1, -0.05) is 123 Å². The predicted octanol–water partition coefficient (Wildman–Crippen LogP) is 9.40. The van der Waals surface area contributed by atoms with Gasteiger partial charge in [0.15, 0.2) is 5.82 Å². The summed E-state index contributed by atoms with van der Waals surface area (Å²) in [5, 5.41) is 19.3. The molecule has 1 fully saturated rings. The minimum atomic E-state index is -1.08. The molecule has 1 aliphatic heterocycles. The Labute approximate surface area is 336 Å². The van der Waals surface area contributed by atoms with Gasteiger partial charge in [0.2, 0.25) is 12.2 Å². The van der Waals surface area contributed by atoms with E-state index in [-0.39, 0.29) is 18.4 Å². The highest BCUT2D eigenvalue weighted by Crippen LogP contribution is 2.44. The molecule has 57 heavy (non-hydrogen) atoms. The van der Waals surface area contributed by atoms with Crippen LogP contribution in [0, 0.1) is 23.2 Å². The number of carbonyl (C=O) groups excluding carboxylic acids is 3. The lowest BCUT2D eigenvalue weighted by atomic mass is 9.77. The van der Waals surface area contributed by atoms with Crippen molar-refractivity contribution in [2.75, 3.05) is 18.4 Å². The summed E-state index contributed by atoms with van der Waals surface area (Å²) in [6.45, 7) is 5.39. The van der Waals surface area contributed by atoms with Gasteiger partial charge in [0.25, 0.3) is 0 Å². The van der Waals surface area contributed by atoms with E-state index in [1.54, 1.807) is 32.0 Å². The van der Waals surface area contributed by atoms with Crippen molar-refractivity contribution in [3.63, 3.8) is 0 Å². The second-order valence-corrected chi connectivity index (χ2v) is 14.8. The summed E-state index contributed by atoms with van der Waals surface area (Å²) < 4.78 is 12.6. The number of rotatable bonds is 10. The van der Waals surface area contributed by atoms with Crippen LogP contribution in [0.5, 0.6) is 0 Å². The van der Waals surface area contributed by atoms with Crippen LogP contribution >= 0.6 is 11.6 Å². The standard InChI is InChI=1S/C46H42ClN5O5/c1-30(2)44(54)56-31(3)57-45(55)51-25-13-14-34(29-51)43(53)49-42-39-27-33(38-26-32(28-48)21-23-40(38)47)22-24-41(39)52(50-42)46(35-15-7-4-8-16-35,36-17-9-5-10-18-36)37-19-11-6-12-20-37/h4-12,15-24,26-27,30-31,34H,13-14,25,29H2,1-3H3,(H,49,50,53)/t31?,34-/m1/s1. The Bertz CT molecular complexity index is 2350. The second-order valence-electron chi connectivity index (χ2n) is 14.4. The normalized spacial score (nSPS) is 14.8. The molecule has 1 aromatic heterocycles. The summed E-state index contributed by atoms with van der Waals surface area (Å²) in [6.07, 6.45) is -0.631. The fraction of sp³-hybridized carbons (Fsp3) is 0.239. The molecule has 1 aliphatic rings. The molecule has 2 atom stereocenters. The third-order valence-corrected chi connectivity index (χ3v) is 10.6. The zero-order valence-corrected chi connectivity index (χ0v) is 32.6. The molecule has 7 rings (SSSR count). The number of carbonyl (C=O) groups is 3. The third kappa shape index (κ3) is 7.84. The average molecular weight is 780 g/mol. The van der Waals surface area contributed by atoms with Crippen LogP contribution in [0.3, 0.4) is 0 Å². The first kappa shape index (κ1) is 38.8. The van der Waals surface area contributed by atoms with E-state index in [4.69, 9.17) is 26.2 Å². The Balaban J connectivity index is 1.34. The van der Waals surface area contributed by atoms with Gasteiger partial charge in [-0.2, -0.15) is 10.4 Å². The maximum absolute atomic E-state index is 14.3. The topological polar surface area (TPSA) is 127 Å². The van der Waals surface area contributed by atoms with Crippen LogP contribution in [0.1, 0.15) is 55.9 Å². The van der Waals surface area contributed by atoms with Crippen molar-refractivity contribution in [3.8, 4) is 17.2 Å². The number of anilines is 1. The van der Waals surface area contributed by atoms with Gasteiger partial charge in [-0.25, -0.2) is 9.48 Å². The van der Waals surface area contributed by atoms with E-state index in [0.29, 0.717) is 46.7 Å². The molecule has 11 heteroatoms. The summed E-state index contributed by atoms with van der Waals surface area (Å²) in [7, 11) is 0. The number of benzene rings is 5. The number of nitriles is 1. The quantitative estimate of drug-likeness (QED) is 0.0834. The first-order chi connectivity index (χ1) is 27.6. The van der Waals surface area contributed by atoms with Crippen molar-refractivity contribution in [3.05, 3.63) is 155 Å². The molecule has 0 spiro atoms. The largest absolute Gasteiger partial charge is 0.425 e. The zero-order valence-electron chi connectivity index (χ0n) is 31.9. The first-order valence-electron chi connectivity index (χ1n) is 19.0. The second kappa shape index (κ2) is 16.7. The number of piperidine rings is 1. The lowest BCUT2D eigenvalue weighted by Gasteiger charge is -2.37. The van der Waals surface area contributed by atoms with Gasteiger partial charge in [0.1, 0.15) is 5.54 Å². The lowest BCUT2D eigenvalue weighted by molar-refractivity contribution is -0.170. The molecule has 1 saturated heterocycles. The average Bonchev–Trinajstić information content (AvgIpc) is 3.59. The maximum atomic E-state index is 14.3. The smallest absolute Gasteiger partial charge is 0.412 e. The van der Waals surface area contributed by atoms with Crippen molar-refractivity contribution in [2.24, 2.45) is 11.8 Å². The van der Waals surface area contributed by atoms with Crippen molar-refractivity contribution >= 4 is 46.3 Å². The lowest BCUT2D eigenvalue weighted by Crippen LogP contribution is -2.45. The number of halogens is 1. The molecule has 2 amide bonds. The highest BCUT2D eigenvalue weighted by atomic mass is 35.5. The van der Waals surface area contributed by atoms with E-state index in [1.807, 2.05) is 77.5 Å². The van der Waals surface area contributed by atoms with Gasteiger partial charge in [-0.15, -0.1) is 0 Å². The summed E-state index contributed by atoms with van der Waals surface area (Å²) in [5.74, 6) is -1.41. The molecule has 2 heterocycles. The minimum absolute atomic E-state index is 0.109. The van der Waals surface area contributed by atoms with E-state index in [0.717, 1.165) is 27.8 Å². The number of fused-ring (bicyclic) bond motifs is 1. The molecule has 288 valence electrons. The number of aromatic nitrogens is 2. The van der Waals surface area contributed by atoms with Crippen LogP contribution in [0.15, 0.2) is 127 Å². The molecule has 5 aromatic carbocycles. The molecule has 0 bridgehead atoms. The molecule has 6 aromatic rings. The Kier molecular flexibility index (Phi) is 11.4. The monoisotopic (exact) mass is 779 g/mol. The number of hydrogen-bond acceptors (Lipinski definition) is 7. The maximum Gasteiger partial charge on any atom is 0.412 e. The van der Waals surface area contributed by atoms with E-state index in [2.05, 4.69) is 47.8 Å². The number of hydrogen-bond donors (Lipinski definition) is 1. The van der Waals surface area contributed by atoms with E-state index in [9.17, 15) is 19.6 Å². The fourth-order valence-corrected chi connectivity index (χ4v) is 7.70. The number of amides is 2. The molecule has 0 radical (unpaired) electrons. The van der Waals surface area contributed by atoms with Crippen molar-refractivity contribution < 1.29 is 23.9 Å². The molecule has 0 saturated carbocycles. The van der Waals surface area contributed by atoms with Crippen LogP contribution in [-0.4, -0.2) is 52.0 Å². The Morgan fingerprint density at radius 2 is 1.46 bits per heavy atom. The minimum Gasteiger partial charge on any atom is -0.425 e. The first-order valence-corrected chi connectivity index (χ1v) is 19.3. The van der Waals surface area contributed by atoms with Crippen LogP contribution in [-0.2, 0) is 24.6 Å². The zero-order chi connectivity index (χ0) is 40.1. The molecule has 1 unspecified atom stereocenters. The number of likely N-dealkylation sites (tertiary alicyclic amines) is 1. The molecule has 0 aliphatic carbocycles. The van der Waals surface area contributed by atoms with Crippen LogP contribution in [0.4, 0.5) is 10.6 Å². The fourth-order valence-electron chi connectivity index (χ4n) is 7.47. The number of nitrogens with zero attached hydrogens (tertiary/aromatic N) is 4. The predicted molar refractivity (Wildman–Crippen MR) is 219 cm³/mol. The Hall–Kier alpha value is -6.44. The summed E-state index contributed by atoms with van der Waals surface area (Å²) >= 11 is 6.72. The highest BCUT2D eigenvalue weighted by molar-refractivity contribution is 6.33. The summed E-state index contributed by atoms with van der Waals surface area (Å²) in [4.78, 5) is 41.0. The molecule has 1 N–H and O–H groups in total. The third-order valence-electron chi connectivity index (χ3n) is 10.3. The van der Waals surface area contributed by atoms with Gasteiger partial charge < -0.3 is 19.7 Å². The van der Waals surface area contributed by atoms with E-state index >= 15 is 0 Å². The van der Waals surface area contributed by atoms with E-state index < -0.39 is 29.8 Å². The number of esters is 1. The molecular weight excluding hydrogens is 738 g/mol. The van der Waals surface area contributed by atoms with Gasteiger partial charge in [-0.05, 0) is 65.4 Å². The van der Waals surface area contributed by atoms with E-state index in [1.165, 1.54) is 11.8 Å². The Morgan fingerprint density at radius 3 is 2.04 bits per heavy atom. The molecular formula is C46H42ClN5O5. The SMILES string of the molecule is CC(OC(=O)C(C)C)OC(=O)N1CCC[C@@H](C(=O)Nc2nn(C(c3ccccc3)(c3ccccc3)c3ccccc3)c3ccc(-c4cc(C#N)ccc4Cl)cc23)C1. The number of nitrogens with one attached hydrogen (secondary N) is 1. The van der Waals surface area contributed by atoms with Gasteiger partial charge in [-0.3, -0.25) is 9.59 Å². The van der Waals surface area contributed by atoms with Crippen molar-refractivity contribution in [1.82, 2.24) is 14.7 Å². The van der Waals surface area contributed by atoms with Crippen LogP contribution in [0.2, 0.25) is 5.02 Å².